The summed E-state index contributed by atoms with van der Waals surface area (Å²) in [5, 5.41) is 22.0. The van der Waals surface area contributed by atoms with E-state index in [1.54, 1.807) is 22.2 Å². The maximum absolute atomic E-state index is 13.2. The van der Waals surface area contributed by atoms with E-state index in [1.807, 2.05) is 44.3 Å². The number of hydrogen-bond acceptors (Lipinski definition) is 6. The van der Waals surface area contributed by atoms with Crippen LogP contribution in [-0.4, -0.2) is 35.0 Å². The molecule has 3 aromatic carbocycles. The van der Waals surface area contributed by atoms with Crippen LogP contribution in [0.5, 0.6) is 0 Å². The third-order valence-electron chi connectivity index (χ3n) is 7.74. The monoisotopic (exact) mass is 653 g/mol. The van der Waals surface area contributed by atoms with Gasteiger partial charge in [0.1, 0.15) is 16.8 Å². The quantitative estimate of drug-likeness (QED) is 0.164. The van der Waals surface area contributed by atoms with Gasteiger partial charge in [0.05, 0.1) is 28.9 Å². The molecule has 0 aliphatic carbocycles. The molecular weight excluding hydrogens is 618 g/mol. The molecule has 5 aromatic rings. The van der Waals surface area contributed by atoms with E-state index in [0.29, 0.717) is 22.8 Å². The number of thiazole rings is 1. The molecule has 2 aromatic heterocycles. The van der Waals surface area contributed by atoms with Crippen LogP contribution < -0.4 is 15.7 Å². The third kappa shape index (κ3) is 6.95. The fraction of sp³-hybridized carbons (Fsp3) is 0.257. The van der Waals surface area contributed by atoms with E-state index in [1.165, 1.54) is 21.7 Å². The second-order valence-electron chi connectivity index (χ2n) is 12.1. The normalized spacial score (nSPS) is 13.2. The maximum atomic E-state index is 13.2. The molecule has 7 nitrogen and oxygen atoms in total. The van der Waals surface area contributed by atoms with Gasteiger partial charge in [-0.2, -0.15) is 10.4 Å². The van der Waals surface area contributed by atoms with E-state index in [2.05, 4.69) is 85.8 Å². The van der Waals surface area contributed by atoms with Gasteiger partial charge in [-0.25, -0.2) is 4.98 Å². The lowest BCUT2D eigenvalue weighted by Gasteiger charge is -2.44. The standard InChI is InChI=1S/C35H36ClN5O2SSi/c1-24(22-41-19-18-31(40-41)26-16-17-27(21-37)30(36)20-26)38-33(42)32-23-44-34(39-32)25(2)43-45(35(3,4)5,28-12-8-6-9-13-28)29-14-10-7-11-15-29/h6-20,23-25H,22H2,1-5H3,(H,38,42)/t24-,25-/m0/s1. The van der Waals surface area contributed by atoms with Gasteiger partial charge in [0, 0.05) is 23.2 Å². The summed E-state index contributed by atoms with van der Waals surface area (Å²) >= 11 is 7.64. The Balaban J connectivity index is 1.29. The number of nitrogens with zero attached hydrogens (tertiary/aromatic N) is 4. The molecule has 0 aliphatic rings. The van der Waals surface area contributed by atoms with E-state index in [-0.39, 0.29) is 23.1 Å². The number of carbonyl (C=O) groups excluding carboxylic acids is 1. The second kappa shape index (κ2) is 13.5. The topological polar surface area (TPSA) is 92.8 Å². The molecule has 0 bridgehead atoms. The first-order valence-corrected chi connectivity index (χ1v) is 18.0. The lowest BCUT2D eigenvalue weighted by molar-refractivity contribution is 0.0931. The number of amides is 1. The van der Waals surface area contributed by atoms with Crippen molar-refractivity contribution in [3.63, 3.8) is 0 Å². The summed E-state index contributed by atoms with van der Waals surface area (Å²) in [7, 11) is -2.78. The number of hydrogen-bond donors (Lipinski definition) is 1. The van der Waals surface area contributed by atoms with Gasteiger partial charge in [0.15, 0.2) is 0 Å². The van der Waals surface area contributed by atoms with Gasteiger partial charge >= 0.3 is 0 Å². The van der Waals surface area contributed by atoms with Crippen molar-refractivity contribution >= 4 is 47.5 Å². The maximum Gasteiger partial charge on any atom is 0.271 e. The van der Waals surface area contributed by atoms with Gasteiger partial charge in [-0.15, -0.1) is 11.3 Å². The van der Waals surface area contributed by atoms with Crippen molar-refractivity contribution in [1.29, 1.82) is 5.26 Å². The number of nitriles is 1. The lowest BCUT2D eigenvalue weighted by Crippen LogP contribution is -2.66. The smallest absolute Gasteiger partial charge is 0.271 e. The van der Waals surface area contributed by atoms with Crippen molar-refractivity contribution < 1.29 is 9.22 Å². The van der Waals surface area contributed by atoms with Crippen molar-refractivity contribution in [2.24, 2.45) is 0 Å². The van der Waals surface area contributed by atoms with Crippen LogP contribution in [0, 0.1) is 11.3 Å². The molecule has 0 fully saturated rings. The summed E-state index contributed by atoms with van der Waals surface area (Å²) in [6.45, 7) is 11.2. The molecule has 1 N–H and O–H groups in total. The number of halogens is 1. The molecule has 45 heavy (non-hydrogen) atoms. The van der Waals surface area contributed by atoms with E-state index in [9.17, 15) is 4.79 Å². The highest BCUT2D eigenvalue weighted by atomic mass is 35.5. The first-order chi connectivity index (χ1) is 21.5. The van der Waals surface area contributed by atoms with Gasteiger partial charge in [0.2, 0.25) is 0 Å². The van der Waals surface area contributed by atoms with Gasteiger partial charge < -0.3 is 9.74 Å². The van der Waals surface area contributed by atoms with Crippen LogP contribution in [0.3, 0.4) is 0 Å². The van der Waals surface area contributed by atoms with Crippen molar-refractivity contribution in [2.75, 3.05) is 0 Å². The molecule has 0 saturated heterocycles. The fourth-order valence-electron chi connectivity index (χ4n) is 5.59. The zero-order chi connectivity index (χ0) is 32.2. The van der Waals surface area contributed by atoms with Gasteiger partial charge in [-0.05, 0) is 47.5 Å². The largest absolute Gasteiger partial charge is 0.398 e. The zero-order valence-electron chi connectivity index (χ0n) is 26.0. The minimum atomic E-state index is -2.78. The molecule has 0 radical (unpaired) electrons. The Morgan fingerprint density at radius 2 is 1.69 bits per heavy atom. The van der Waals surface area contributed by atoms with Gasteiger partial charge in [-0.3, -0.25) is 9.48 Å². The minimum absolute atomic E-state index is 0.171. The number of aromatic nitrogens is 3. The van der Waals surface area contributed by atoms with Crippen LogP contribution in [0.15, 0.2) is 96.5 Å². The predicted molar refractivity (Wildman–Crippen MR) is 184 cm³/mol. The van der Waals surface area contributed by atoms with Gasteiger partial charge in [0.25, 0.3) is 14.2 Å². The van der Waals surface area contributed by atoms with E-state index in [0.717, 1.165) is 16.3 Å². The Kier molecular flexibility index (Phi) is 9.70. The number of rotatable bonds is 10. The Bertz CT molecular complexity index is 1770. The Morgan fingerprint density at radius 1 is 1.04 bits per heavy atom. The Labute approximate surface area is 274 Å². The Hall–Kier alpha value is -4.07. The average Bonchev–Trinajstić information content (AvgIpc) is 3.71. The van der Waals surface area contributed by atoms with Crippen LogP contribution in [-0.2, 0) is 11.0 Å². The molecule has 1 amide bonds. The molecular formula is C35H36ClN5O2SSi. The number of nitrogens with one attached hydrogen (secondary N) is 1. The SMILES string of the molecule is C[C@H](O[Si](c1ccccc1)(c1ccccc1)C(C)(C)C)c1nc(C(=O)N[C@@H](C)Cn2ccc(-c3ccc(C#N)c(Cl)c3)n2)cs1. The molecule has 5 rings (SSSR count). The predicted octanol–water partition coefficient (Wildman–Crippen LogP) is 6.99. The van der Waals surface area contributed by atoms with E-state index >= 15 is 0 Å². The number of benzene rings is 3. The van der Waals surface area contributed by atoms with Crippen molar-refractivity contribution in [3.05, 3.63) is 118 Å². The summed E-state index contributed by atoms with van der Waals surface area (Å²) in [6, 6.07) is 30.0. The summed E-state index contributed by atoms with van der Waals surface area (Å²) in [5.41, 5.74) is 2.34. The van der Waals surface area contributed by atoms with Crippen molar-refractivity contribution in [2.45, 2.75) is 58.3 Å². The molecule has 0 unspecified atom stereocenters. The molecule has 10 heteroatoms. The summed E-state index contributed by atoms with van der Waals surface area (Å²) < 4.78 is 8.97. The fourth-order valence-corrected chi connectivity index (χ4v) is 11.3. The highest BCUT2D eigenvalue weighted by Crippen LogP contribution is 2.40. The molecule has 0 saturated carbocycles. The zero-order valence-corrected chi connectivity index (χ0v) is 28.6. The average molecular weight is 654 g/mol. The second-order valence-corrected chi connectivity index (χ2v) is 17.6. The lowest BCUT2D eigenvalue weighted by atomic mass is 10.1. The van der Waals surface area contributed by atoms with Crippen LogP contribution in [0.2, 0.25) is 10.1 Å². The van der Waals surface area contributed by atoms with Crippen LogP contribution in [0.1, 0.15) is 61.8 Å². The van der Waals surface area contributed by atoms with Crippen LogP contribution in [0.25, 0.3) is 11.3 Å². The molecule has 0 spiro atoms. The third-order valence-corrected chi connectivity index (χ3v) is 14.2. The highest BCUT2D eigenvalue weighted by Gasteiger charge is 2.51. The summed E-state index contributed by atoms with van der Waals surface area (Å²) in [6.07, 6.45) is 1.54. The van der Waals surface area contributed by atoms with Crippen molar-refractivity contribution in [3.8, 4) is 17.3 Å². The van der Waals surface area contributed by atoms with Crippen molar-refractivity contribution in [1.82, 2.24) is 20.1 Å². The first kappa shape index (κ1) is 32.3. The molecule has 0 aliphatic heterocycles. The highest BCUT2D eigenvalue weighted by molar-refractivity contribution is 7.10. The Morgan fingerprint density at radius 3 is 2.27 bits per heavy atom. The molecule has 230 valence electrons. The summed E-state index contributed by atoms with van der Waals surface area (Å²) in [4.78, 5) is 18.0. The minimum Gasteiger partial charge on any atom is -0.398 e. The molecule has 2 heterocycles. The van der Waals surface area contributed by atoms with Crippen LogP contribution >= 0.6 is 22.9 Å². The molecule has 2 atom stereocenters. The van der Waals surface area contributed by atoms with E-state index in [4.69, 9.17) is 26.3 Å². The van der Waals surface area contributed by atoms with E-state index < -0.39 is 8.32 Å². The van der Waals surface area contributed by atoms with Gasteiger partial charge in [-0.1, -0.05) is 99.1 Å². The summed E-state index contributed by atoms with van der Waals surface area (Å²) in [5.74, 6) is -0.242. The first-order valence-electron chi connectivity index (χ1n) is 14.8. The van der Waals surface area contributed by atoms with Crippen LogP contribution in [0.4, 0.5) is 0 Å². The number of carbonyl (C=O) groups is 1.